The quantitative estimate of drug-likeness (QED) is 0.0626. The number of unbranched alkanes of at least 4 members (excludes halogenated alkanes) is 6. The molecule has 0 radical (unpaired) electrons. The first kappa shape index (κ1) is 54.7. The summed E-state index contributed by atoms with van der Waals surface area (Å²) in [6.07, 6.45) is 22.1. The summed E-state index contributed by atoms with van der Waals surface area (Å²) in [5.74, 6) is 0. The van der Waals surface area contributed by atoms with E-state index in [-0.39, 0.29) is 21.7 Å². The zero-order valence-corrected chi connectivity index (χ0v) is 49.5. The fourth-order valence-corrected chi connectivity index (χ4v) is 15.4. The smallest absolute Gasteiger partial charge is 0.0520 e. The first-order valence-corrected chi connectivity index (χ1v) is 30.3. The van der Waals surface area contributed by atoms with E-state index >= 15 is 0 Å². The Hall–Kier alpha value is -5.08. The number of hydrogen-bond donors (Lipinski definition) is 0. The molecular formula is C73H96N2. The van der Waals surface area contributed by atoms with Gasteiger partial charge in [0.25, 0.3) is 0 Å². The van der Waals surface area contributed by atoms with E-state index in [1.54, 1.807) is 11.1 Å². The molecule has 3 aliphatic rings. The Labute approximate surface area is 457 Å². The maximum Gasteiger partial charge on any atom is 0.0520 e. The van der Waals surface area contributed by atoms with Crippen LogP contribution in [0, 0.1) is 33.1 Å². The van der Waals surface area contributed by atoms with Gasteiger partial charge >= 0.3 is 0 Å². The molecule has 0 saturated heterocycles. The van der Waals surface area contributed by atoms with Crippen LogP contribution >= 0.6 is 0 Å². The Morgan fingerprint density at radius 2 is 0.813 bits per heavy atom. The highest BCUT2D eigenvalue weighted by atomic mass is 15.2. The first-order chi connectivity index (χ1) is 35.9. The summed E-state index contributed by atoms with van der Waals surface area (Å²) < 4.78 is 0. The normalized spacial score (nSPS) is 19.8. The number of rotatable bonds is 22. The van der Waals surface area contributed by atoms with E-state index in [0.717, 1.165) is 38.5 Å². The van der Waals surface area contributed by atoms with Gasteiger partial charge in [-0.2, -0.15) is 0 Å². The number of aryl methyl sites for hydroxylation is 6. The van der Waals surface area contributed by atoms with E-state index < -0.39 is 0 Å². The monoisotopic (exact) mass is 1000 g/mol. The minimum absolute atomic E-state index is 0.0223. The second kappa shape index (κ2) is 21.7. The molecule has 1 spiro atoms. The van der Waals surface area contributed by atoms with E-state index in [1.807, 2.05) is 0 Å². The average molecular weight is 1000 g/mol. The van der Waals surface area contributed by atoms with Crippen LogP contribution in [-0.4, -0.2) is 0 Å². The number of anilines is 6. The minimum Gasteiger partial charge on any atom is -0.310 e. The molecule has 3 aliphatic carbocycles. The molecule has 9 rings (SSSR count). The molecule has 2 fully saturated rings. The fraction of sp³-hybridized carbons (Fsp3) is 0.507. The lowest BCUT2D eigenvalue weighted by atomic mass is 9.52. The van der Waals surface area contributed by atoms with Gasteiger partial charge < -0.3 is 9.80 Å². The Morgan fingerprint density at radius 1 is 0.427 bits per heavy atom. The summed E-state index contributed by atoms with van der Waals surface area (Å²) in [6.45, 7) is 33.6. The standard InChI is InChI=1S/C73H96N2/c1-15-21-23-25-27-55-43-51(7)67(52(8)44-55)74(59-33-29-57(30-34-59)70(12,17-3)18-4)61-37-39-63-64-40-38-62(48-66(64)73-42-41-69(11,50-73)49-72(73,14)65(63)47-61)75(60-35-31-58(32-36-60)71(13,19-5)20-6)68-53(9)45-56(46-54(68)10)28-26-24-22-16-2/h29-40,43-48H,15-28,41-42,49-50H2,1-14H3/t69?,72-,73-/m1/s1. The predicted octanol–water partition coefficient (Wildman–Crippen LogP) is 22.0. The fourth-order valence-electron chi connectivity index (χ4n) is 15.4. The maximum absolute atomic E-state index is 2.68. The Morgan fingerprint density at radius 3 is 1.20 bits per heavy atom. The van der Waals surface area contributed by atoms with Crippen LogP contribution < -0.4 is 9.80 Å². The highest BCUT2D eigenvalue weighted by Crippen LogP contribution is 2.74. The van der Waals surface area contributed by atoms with Gasteiger partial charge in [0.15, 0.2) is 0 Å². The van der Waals surface area contributed by atoms with Gasteiger partial charge in [-0.1, -0.05) is 168 Å². The van der Waals surface area contributed by atoms with Crippen molar-refractivity contribution in [2.75, 3.05) is 9.80 Å². The maximum atomic E-state index is 2.68. The summed E-state index contributed by atoms with van der Waals surface area (Å²) in [7, 11) is 0. The number of nitrogens with zero attached hydrogens (tertiary/aromatic N) is 2. The molecule has 0 N–H and O–H groups in total. The highest BCUT2D eigenvalue weighted by Gasteiger charge is 2.67. The van der Waals surface area contributed by atoms with E-state index in [9.17, 15) is 0 Å². The third-order valence-corrected chi connectivity index (χ3v) is 20.6. The molecule has 0 aromatic heterocycles. The van der Waals surface area contributed by atoms with E-state index in [0.29, 0.717) is 5.41 Å². The molecule has 3 atom stereocenters. The Kier molecular flexibility index (Phi) is 15.9. The first-order valence-electron chi connectivity index (χ1n) is 30.3. The Bertz CT molecular complexity index is 2910. The lowest BCUT2D eigenvalue weighted by molar-refractivity contribution is 0.211. The third kappa shape index (κ3) is 9.86. The summed E-state index contributed by atoms with van der Waals surface area (Å²) in [6, 6.07) is 44.7. The molecule has 75 heavy (non-hydrogen) atoms. The molecule has 0 heterocycles. The van der Waals surface area contributed by atoms with Crippen molar-refractivity contribution in [3.63, 3.8) is 0 Å². The van der Waals surface area contributed by atoms with Gasteiger partial charge in [0.1, 0.15) is 0 Å². The number of benzene rings is 6. The van der Waals surface area contributed by atoms with Crippen LogP contribution in [0.5, 0.6) is 0 Å². The minimum atomic E-state index is -0.0223. The van der Waals surface area contributed by atoms with Crippen molar-refractivity contribution in [3.05, 3.63) is 165 Å². The van der Waals surface area contributed by atoms with Crippen molar-refractivity contribution in [2.24, 2.45) is 5.41 Å². The average Bonchev–Trinajstić information content (AvgIpc) is 3.90. The molecule has 6 aromatic carbocycles. The van der Waals surface area contributed by atoms with Crippen molar-refractivity contribution in [2.45, 2.75) is 234 Å². The van der Waals surface area contributed by atoms with Crippen molar-refractivity contribution in [1.29, 1.82) is 0 Å². The molecule has 2 nitrogen and oxygen atoms in total. The number of hydrogen-bond acceptors (Lipinski definition) is 2. The lowest BCUT2D eigenvalue weighted by Gasteiger charge is -2.51. The SMILES string of the molecule is CCCCCCc1cc(C)c(N(c2ccc(C(C)(CC)CC)cc2)c2ccc3c(c2)[C@@]24CCC(C)(C2)C[C@]4(C)c2cc(N(c4ccc(C(C)(CC)CC)cc4)c4c(C)cc(CCCCCC)cc4C)ccc2-3)c(C)c1. The zero-order valence-electron chi connectivity index (χ0n) is 49.5. The summed E-state index contributed by atoms with van der Waals surface area (Å²) >= 11 is 0. The van der Waals surface area contributed by atoms with Crippen molar-refractivity contribution >= 4 is 34.1 Å². The zero-order chi connectivity index (χ0) is 53.5. The molecule has 2 heteroatoms. The topological polar surface area (TPSA) is 6.48 Å². The summed E-state index contributed by atoms with van der Waals surface area (Å²) in [5.41, 5.74) is 25.6. The van der Waals surface area contributed by atoms with Crippen LogP contribution in [0.25, 0.3) is 11.1 Å². The van der Waals surface area contributed by atoms with E-state index in [2.05, 4.69) is 216 Å². The molecule has 398 valence electrons. The van der Waals surface area contributed by atoms with Crippen LogP contribution in [0.2, 0.25) is 0 Å². The van der Waals surface area contributed by atoms with Gasteiger partial charge in [0.05, 0.1) is 11.4 Å². The largest absolute Gasteiger partial charge is 0.310 e. The molecule has 1 unspecified atom stereocenters. The van der Waals surface area contributed by atoms with E-state index in [4.69, 9.17) is 0 Å². The molecule has 0 amide bonds. The van der Waals surface area contributed by atoms with Crippen LogP contribution in [0.4, 0.5) is 34.1 Å². The van der Waals surface area contributed by atoms with Gasteiger partial charge in [0.2, 0.25) is 0 Å². The van der Waals surface area contributed by atoms with Crippen LogP contribution in [0.1, 0.15) is 228 Å². The van der Waals surface area contributed by atoms with Gasteiger partial charge in [0, 0.05) is 33.6 Å². The summed E-state index contributed by atoms with van der Waals surface area (Å²) in [5, 5.41) is 0. The third-order valence-electron chi connectivity index (χ3n) is 20.6. The molecular weight excluding hydrogens is 905 g/mol. The lowest BCUT2D eigenvalue weighted by Crippen LogP contribution is -2.46. The van der Waals surface area contributed by atoms with Gasteiger partial charge in [-0.15, -0.1) is 0 Å². The van der Waals surface area contributed by atoms with Gasteiger partial charge in [-0.05, 0) is 236 Å². The van der Waals surface area contributed by atoms with E-state index in [1.165, 1.54) is 167 Å². The van der Waals surface area contributed by atoms with Gasteiger partial charge in [-0.3, -0.25) is 0 Å². The Balaban J connectivity index is 1.20. The summed E-state index contributed by atoms with van der Waals surface area (Å²) in [4.78, 5) is 5.26. The predicted molar refractivity (Wildman–Crippen MR) is 327 cm³/mol. The van der Waals surface area contributed by atoms with Crippen molar-refractivity contribution in [1.82, 2.24) is 0 Å². The molecule has 6 aromatic rings. The molecule has 2 saturated carbocycles. The molecule has 2 bridgehead atoms. The van der Waals surface area contributed by atoms with Crippen LogP contribution in [0.3, 0.4) is 0 Å². The highest BCUT2D eigenvalue weighted by molar-refractivity contribution is 5.89. The van der Waals surface area contributed by atoms with Crippen molar-refractivity contribution < 1.29 is 0 Å². The van der Waals surface area contributed by atoms with Crippen LogP contribution in [0.15, 0.2) is 109 Å². The number of fused-ring (bicyclic) bond motifs is 5. The van der Waals surface area contributed by atoms with Crippen molar-refractivity contribution in [3.8, 4) is 11.1 Å². The molecule has 0 aliphatic heterocycles. The second-order valence-corrected chi connectivity index (χ2v) is 25.6. The van der Waals surface area contributed by atoms with Crippen LogP contribution in [-0.2, 0) is 34.5 Å². The second-order valence-electron chi connectivity index (χ2n) is 25.6. The van der Waals surface area contributed by atoms with Gasteiger partial charge in [-0.25, -0.2) is 0 Å².